The number of hydrogen-bond donors (Lipinski definition) is 0. The summed E-state index contributed by atoms with van der Waals surface area (Å²) in [6.07, 6.45) is 0. The minimum absolute atomic E-state index is 0.0659. The van der Waals surface area contributed by atoms with Crippen molar-refractivity contribution in [2.75, 3.05) is 31.1 Å². The molecule has 138 valence electrons. The Morgan fingerprint density at radius 3 is 2.38 bits per heavy atom. The lowest BCUT2D eigenvalue weighted by Gasteiger charge is -2.20. The summed E-state index contributed by atoms with van der Waals surface area (Å²) in [5.41, 5.74) is 2.89. The minimum atomic E-state index is -3.81. The van der Waals surface area contributed by atoms with Gasteiger partial charge in [0.15, 0.2) is 0 Å². The van der Waals surface area contributed by atoms with Gasteiger partial charge >= 0.3 is 6.03 Å². The van der Waals surface area contributed by atoms with Crippen LogP contribution in [0.1, 0.15) is 11.1 Å². The first kappa shape index (κ1) is 18.4. The third-order valence-electron chi connectivity index (χ3n) is 4.41. The number of carbonyl (C=O) groups excluding carboxylic acids is 1. The van der Waals surface area contributed by atoms with Gasteiger partial charge in [-0.3, -0.25) is 9.08 Å². The molecule has 2 aromatic rings. The molecular formula is C19H22N2O4S. The van der Waals surface area contributed by atoms with Crippen molar-refractivity contribution in [2.24, 2.45) is 0 Å². The van der Waals surface area contributed by atoms with E-state index in [1.54, 1.807) is 21.9 Å². The zero-order valence-corrected chi connectivity index (χ0v) is 15.7. The van der Waals surface area contributed by atoms with E-state index in [2.05, 4.69) is 0 Å². The van der Waals surface area contributed by atoms with Gasteiger partial charge in [0.05, 0.1) is 11.5 Å². The molecule has 0 radical (unpaired) electrons. The summed E-state index contributed by atoms with van der Waals surface area (Å²) in [5, 5.41) is 0. The van der Waals surface area contributed by atoms with E-state index in [-0.39, 0.29) is 24.1 Å². The summed E-state index contributed by atoms with van der Waals surface area (Å²) in [7, 11) is -3.81. The maximum absolute atomic E-state index is 12.6. The van der Waals surface area contributed by atoms with Crippen LogP contribution in [0.2, 0.25) is 0 Å². The van der Waals surface area contributed by atoms with Gasteiger partial charge in [-0.05, 0) is 37.6 Å². The lowest BCUT2D eigenvalue weighted by Crippen LogP contribution is -2.34. The van der Waals surface area contributed by atoms with Gasteiger partial charge < -0.3 is 4.90 Å². The van der Waals surface area contributed by atoms with Crippen molar-refractivity contribution in [3.8, 4) is 0 Å². The summed E-state index contributed by atoms with van der Waals surface area (Å²) in [5.74, 6) is 0. The Hall–Kier alpha value is -2.38. The third-order valence-corrected chi connectivity index (χ3v) is 5.74. The second-order valence-corrected chi connectivity index (χ2v) is 7.91. The number of nitrogens with zero attached hydrogens (tertiary/aromatic N) is 2. The van der Waals surface area contributed by atoms with Crippen LogP contribution in [-0.2, 0) is 14.3 Å². The van der Waals surface area contributed by atoms with Crippen LogP contribution in [0.25, 0.3) is 0 Å². The van der Waals surface area contributed by atoms with Gasteiger partial charge in [0.25, 0.3) is 10.1 Å². The molecule has 2 aromatic carbocycles. The fraction of sp³-hybridized carbons (Fsp3) is 0.316. The van der Waals surface area contributed by atoms with Crippen LogP contribution in [0.5, 0.6) is 0 Å². The van der Waals surface area contributed by atoms with Gasteiger partial charge in [-0.25, -0.2) is 4.79 Å². The number of para-hydroxylation sites is 1. The summed E-state index contributed by atoms with van der Waals surface area (Å²) in [6.45, 7) is 5.13. The van der Waals surface area contributed by atoms with E-state index >= 15 is 0 Å². The Labute approximate surface area is 154 Å². The van der Waals surface area contributed by atoms with Crippen LogP contribution in [0.3, 0.4) is 0 Å². The summed E-state index contributed by atoms with van der Waals surface area (Å²) < 4.78 is 29.5. The van der Waals surface area contributed by atoms with Crippen LogP contribution in [-0.4, -0.2) is 45.6 Å². The zero-order chi connectivity index (χ0) is 18.7. The topological polar surface area (TPSA) is 66.9 Å². The van der Waals surface area contributed by atoms with Crippen molar-refractivity contribution in [2.45, 2.75) is 18.7 Å². The molecule has 7 heteroatoms. The maximum atomic E-state index is 12.6. The number of urea groups is 1. The number of rotatable bonds is 6. The van der Waals surface area contributed by atoms with Crippen LogP contribution in [0.15, 0.2) is 53.4 Å². The first-order chi connectivity index (χ1) is 12.4. The first-order valence-electron chi connectivity index (χ1n) is 8.47. The van der Waals surface area contributed by atoms with E-state index in [9.17, 15) is 13.2 Å². The molecule has 0 bridgehead atoms. The highest BCUT2D eigenvalue weighted by atomic mass is 32.2. The normalized spacial score (nSPS) is 14.9. The molecule has 6 nitrogen and oxygen atoms in total. The molecule has 1 heterocycles. The van der Waals surface area contributed by atoms with E-state index < -0.39 is 10.1 Å². The molecule has 0 atom stereocenters. The lowest BCUT2D eigenvalue weighted by atomic mass is 10.2. The Kier molecular flexibility index (Phi) is 5.29. The summed E-state index contributed by atoms with van der Waals surface area (Å²) in [4.78, 5) is 16.0. The Balaban J connectivity index is 1.58. The number of carbonyl (C=O) groups is 1. The number of aryl methyl sites for hydroxylation is 2. The zero-order valence-electron chi connectivity index (χ0n) is 14.9. The third kappa shape index (κ3) is 3.89. The molecular weight excluding hydrogens is 352 g/mol. The van der Waals surface area contributed by atoms with Crippen molar-refractivity contribution in [1.82, 2.24) is 4.90 Å². The summed E-state index contributed by atoms with van der Waals surface area (Å²) in [6, 6.07) is 14.1. The van der Waals surface area contributed by atoms with Crippen molar-refractivity contribution < 1.29 is 17.4 Å². The molecule has 0 N–H and O–H groups in total. The molecule has 0 aromatic heterocycles. The Bertz CT molecular complexity index is 894. The lowest BCUT2D eigenvalue weighted by molar-refractivity contribution is 0.206. The highest BCUT2D eigenvalue weighted by Gasteiger charge is 2.30. The molecule has 0 unspecified atom stereocenters. The van der Waals surface area contributed by atoms with E-state index in [0.29, 0.717) is 13.1 Å². The maximum Gasteiger partial charge on any atom is 0.324 e. The van der Waals surface area contributed by atoms with Crippen molar-refractivity contribution in [1.29, 1.82) is 0 Å². The van der Waals surface area contributed by atoms with E-state index in [4.69, 9.17) is 4.18 Å². The predicted octanol–water partition coefficient (Wildman–Crippen LogP) is 2.95. The molecule has 1 aliphatic heterocycles. The number of anilines is 1. The Morgan fingerprint density at radius 2 is 1.69 bits per heavy atom. The fourth-order valence-corrected chi connectivity index (χ4v) is 3.81. The van der Waals surface area contributed by atoms with Gasteiger partial charge in [0.1, 0.15) is 0 Å². The molecule has 1 fully saturated rings. The molecule has 26 heavy (non-hydrogen) atoms. The fourth-order valence-electron chi connectivity index (χ4n) is 2.91. The molecule has 0 spiro atoms. The van der Waals surface area contributed by atoms with Gasteiger partial charge in [0, 0.05) is 25.3 Å². The van der Waals surface area contributed by atoms with Crippen molar-refractivity contribution in [3.05, 3.63) is 59.7 Å². The molecule has 3 rings (SSSR count). The predicted molar refractivity (Wildman–Crippen MR) is 99.8 cm³/mol. The molecule has 2 amide bonds. The molecule has 1 saturated heterocycles. The minimum Gasteiger partial charge on any atom is -0.320 e. The molecule has 0 saturated carbocycles. The summed E-state index contributed by atoms with van der Waals surface area (Å²) >= 11 is 0. The van der Waals surface area contributed by atoms with Crippen LogP contribution >= 0.6 is 0 Å². The van der Waals surface area contributed by atoms with Crippen LogP contribution < -0.4 is 4.90 Å². The van der Waals surface area contributed by atoms with Gasteiger partial charge in [-0.1, -0.05) is 35.9 Å². The Morgan fingerprint density at radius 1 is 1.00 bits per heavy atom. The van der Waals surface area contributed by atoms with Crippen molar-refractivity contribution >= 4 is 21.8 Å². The van der Waals surface area contributed by atoms with Crippen molar-refractivity contribution in [3.63, 3.8) is 0 Å². The highest BCUT2D eigenvalue weighted by molar-refractivity contribution is 7.86. The number of benzene rings is 2. The second-order valence-electron chi connectivity index (χ2n) is 6.30. The highest BCUT2D eigenvalue weighted by Crippen LogP contribution is 2.23. The van der Waals surface area contributed by atoms with Gasteiger partial charge in [0.2, 0.25) is 0 Å². The van der Waals surface area contributed by atoms with Crippen LogP contribution in [0.4, 0.5) is 10.5 Å². The monoisotopic (exact) mass is 374 g/mol. The SMILES string of the molecule is Cc1ccc(S(=O)(=O)OCCN2CCN(c3ccccc3C)C2=O)cc1. The van der Waals surface area contributed by atoms with Crippen LogP contribution in [0, 0.1) is 13.8 Å². The van der Waals surface area contributed by atoms with E-state index in [1.807, 2.05) is 38.1 Å². The smallest absolute Gasteiger partial charge is 0.320 e. The van der Waals surface area contributed by atoms with E-state index in [0.717, 1.165) is 16.8 Å². The van der Waals surface area contributed by atoms with Gasteiger partial charge in [-0.2, -0.15) is 8.42 Å². The molecule has 0 aliphatic carbocycles. The number of hydrogen-bond acceptors (Lipinski definition) is 4. The second kappa shape index (κ2) is 7.47. The average molecular weight is 374 g/mol. The number of amides is 2. The largest absolute Gasteiger partial charge is 0.324 e. The van der Waals surface area contributed by atoms with E-state index in [1.165, 1.54) is 12.1 Å². The molecule has 1 aliphatic rings. The quantitative estimate of drug-likeness (QED) is 0.729. The standard InChI is InChI=1S/C19H22N2O4S/c1-15-7-9-17(10-8-15)26(23,24)25-14-13-20-11-12-21(19(20)22)18-6-4-3-5-16(18)2/h3-10H,11-14H2,1-2H3. The van der Waals surface area contributed by atoms with Gasteiger partial charge in [-0.15, -0.1) is 0 Å². The average Bonchev–Trinajstić information content (AvgIpc) is 2.96. The first-order valence-corrected chi connectivity index (χ1v) is 9.87.